The number of hydrogen-bond donors (Lipinski definition) is 2. The van der Waals surface area contributed by atoms with Crippen LogP contribution in [0.25, 0.3) is 22.7 Å². The van der Waals surface area contributed by atoms with Gasteiger partial charge >= 0.3 is 0 Å². The lowest BCUT2D eigenvalue weighted by Gasteiger charge is -2.08. The lowest BCUT2D eigenvalue weighted by Crippen LogP contribution is -2.20. The Morgan fingerprint density at radius 1 is 1.06 bits per heavy atom. The average Bonchev–Trinajstić information content (AvgIpc) is 3.21. The number of fused-ring (bicyclic) bond motifs is 1. The van der Waals surface area contributed by atoms with Gasteiger partial charge in [0, 0.05) is 5.69 Å². The summed E-state index contributed by atoms with van der Waals surface area (Å²) in [4.78, 5) is 19.8. The van der Waals surface area contributed by atoms with Gasteiger partial charge in [0.15, 0.2) is 6.61 Å². The van der Waals surface area contributed by atoms with Gasteiger partial charge in [-0.05, 0) is 67.4 Å². The van der Waals surface area contributed by atoms with Gasteiger partial charge in [0.25, 0.3) is 5.91 Å². The Morgan fingerprint density at radius 2 is 1.78 bits per heavy atom. The lowest BCUT2D eigenvalue weighted by molar-refractivity contribution is -0.118. The van der Waals surface area contributed by atoms with Crippen LogP contribution < -0.4 is 10.1 Å². The maximum Gasteiger partial charge on any atom is 0.262 e. The summed E-state index contributed by atoms with van der Waals surface area (Å²) in [5.41, 5.74) is 5.96. The third-order valence-electron chi connectivity index (χ3n) is 4.91. The molecule has 6 heteroatoms. The SMILES string of the molecule is Cc1ccc(NC(=O)COc2ccc(/C=C(/C#N)c3nc4ccc(C)cc4[nH]3)cc2)cc1. The first-order valence-electron chi connectivity index (χ1n) is 10.2. The van der Waals surface area contributed by atoms with Crippen molar-refractivity contribution in [2.24, 2.45) is 0 Å². The van der Waals surface area contributed by atoms with Crippen molar-refractivity contribution in [3.05, 3.63) is 89.2 Å². The Labute approximate surface area is 186 Å². The van der Waals surface area contributed by atoms with Gasteiger partial charge in [-0.2, -0.15) is 5.26 Å². The van der Waals surface area contributed by atoms with Gasteiger partial charge < -0.3 is 15.0 Å². The fourth-order valence-corrected chi connectivity index (χ4v) is 3.21. The molecule has 0 saturated carbocycles. The van der Waals surface area contributed by atoms with E-state index in [0.717, 1.165) is 33.4 Å². The first kappa shape index (κ1) is 20.9. The standard InChI is InChI=1S/C26H22N4O2/c1-17-3-8-21(9-4-17)28-25(31)16-32-22-10-6-19(7-11-22)14-20(15-27)26-29-23-12-5-18(2)13-24(23)30-26/h3-14H,16H2,1-2H3,(H,28,31)(H,29,30)/b20-14-. The third kappa shape index (κ3) is 5.02. The summed E-state index contributed by atoms with van der Waals surface area (Å²) in [5, 5.41) is 12.4. The van der Waals surface area contributed by atoms with E-state index < -0.39 is 0 Å². The minimum atomic E-state index is -0.232. The number of carbonyl (C=O) groups is 1. The molecule has 0 radical (unpaired) electrons. The number of allylic oxidation sites excluding steroid dienone is 1. The van der Waals surface area contributed by atoms with Crippen LogP contribution in [-0.4, -0.2) is 22.5 Å². The molecule has 0 fully saturated rings. The van der Waals surface area contributed by atoms with Crippen molar-refractivity contribution in [3.8, 4) is 11.8 Å². The number of hydrogen-bond acceptors (Lipinski definition) is 4. The maximum atomic E-state index is 12.1. The fraction of sp³-hybridized carbons (Fsp3) is 0.115. The molecule has 0 aliphatic rings. The zero-order valence-electron chi connectivity index (χ0n) is 17.8. The van der Waals surface area contributed by atoms with Crippen molar-refractivity contribution < 1.29 is 9.53 Å². The van der Waals surface area contributed by atoms with Crippen LogP contribution >= 0.6 is 0 Å². The predicted octanol–water partition coefficient (Wildman–Crippen LogP) is 5.26. The van der Waals surface area contributed by atoms with Gasteiger partial charge in [0.2, 0.25) is 0 Å². The van der Waals surface area contributed by atoms with Crippen LogP contribution in [0.15, 0.2) is 66.7 Å². The number of nitrogens with zero attached hydrogens (tertiary/aromatic N) is 2. The number of aryl methyl sites for hydroxylation is 2. The fourth-order valence-electron chi connectivity index (χ4n) is 3.21. The molecule has 2 N–H and O–H groups in total. The molecule has 1 heterocycles. The Kier molecular flexibility index (Phi) is 6.00. The topological polar surface area (TPSA) is 90.8 Å². The molecule has 3 aromatic carbocycles. The minimum Gasteiger partial charge on any atom is -0.484 e. The van der Waals surface area contributed by atoms with Gasteiger partial charge in [-0.3, -0.25) is 4.79 Å². The number of amides is 1. The zero-order valence-corrected chi connectivity index (χ0v) is 17.8. The van der Waals surface area contributed by atoms with Gasteiger partial charge in [0.05, 0.1) is 16.6 Å². The van der Waals surface area contributed by atoms with Crippen LogP contribution in [0.2, 0.25) is 0 Å². The van der Waals surface area contributed by atoms with E-state index in [0.29, 0.717) is 17.1 Å². The summed E-state index contributed by atoms with van der Waals surface area (Å²) in [6.07, 6.45) is 1.76. The van der Waals surface area contributed by atoms with E-state index in [2.05, 4.69) is 21.4 Å². The number of carbonyl (C=O) groups excluding carboxylic acids is 1. The molecule has 1 aromatic heterocycles. The third-order valence-corrected chi connectivity index (χ3v) is 4.91. The van der Waals surface area contributed by atoms with Crippen LogP contribution in [0.3, 0.4) is 0 Å². The predicted molar refractivity (Wildman–Crippen MR) is 126 cm³/mol. The Hall–Kier alpha value is -4.37. The molecule has 0 spiro atoms. The number of anilines is 1. The van der Waals surface area contributed by atoms with Gasteiger partial charge in [-0.15, -0.1) is 0 Å². The number of rotatable bonds is 6. The highest BCUT2D eigenvalue weighted by atomic mass is 16.5. The highest BCUT2D eigenvalue weighted by Gasteiger charge is 2.09. The average molecular weight is 422 g/mol. The molecule has 0 bridgehead atoms. The second kappa shape index (κ2) is 9.19. The molecular weight excluding hydrogens is 400 g/mol. The van der Waals surface area contributed by atoms with Gasteiger partial charge in [0.1, 0.15) is 17.6 Å². The summed E-state index contributed by atoms with van der Waals surface area (Å²) in [5.74, 6) is 0.866. The van der Waals surface area contributed by atoms with Crippen LogP contribution in [0.4, 0.5) is 5.69 Å². The maximum absolute atomic E-state index is 12.1. The minimum absolute atomic E-state index is 0.0924. The normalized spacial score (nSPS) is 11.2. The zero-order chi connectivity index (χ0) is 22.5. The van der Waals surface area contributed by atoms with Crippen molar-refractivity contribution in [1.82, 2.24) is 9.97 Å². The van der Waals surface area contributed by atoms with E-state index in [1.54, 1.807) is 18.2 Å². The van der Waals surface area contributed by atoms with E-state index in [1.165, 1.54) is 0 Å². The number of nitriles is 1. The number of aromatic amines is 1. The number of imidazole rings is 1. The second-order valence-electron chi connectivity index (χ2n) is 7.55. The molecular formula is C26H22N4O2. The van der Waals surface area contributed by atoms with E-state index in [9.17, 15) is 10.1 Å². The van der Waals surface area contributed by atoms with Crippen LogP contribution in [0.5, 0.6) is 5.75 Å². The molecule has 4 aromatic rings. The van der Waals surface area contributed by atoms with E-state index in [1.807, 2.05) is 68.4 Å². The quantitative estimate of drug-likeness (QED) is 0.415. The number of ether oxygens (including phenoxy) is 1. The highest BCUT2D eigenvalue weighted by Crippen LogP contribution is 2.21. The van der Waals surface area contributed by atoms with Crippen molar-refractivity contribution in [1.29, 1.82) is 5.26 Å². The van der Waals surface area contributed by atoms with E-state index in [4.69, 9.17) is 4.74 Å². The molecule has 32 heavy (non-hydrogen) atoms. The number of aromatic nitrogens is 2. The summed E-state index contributed by atoms with van der Waals surface area (Å²) >= 11 is 0. The van der Waals surface area contributed by atoms with Crippen molar-refractivity contribution in [3.63, 3.8) is 0 Å². The van der Waals surface area contributed by atoms with Crippen molar-refractivity contribution >= 4 is 34.3 Å². The number of H-pyrrole nitrogens is 1. The molecule has 0 aliphatic carbocycles. The second-order valence-corrected chi connectivity index (χ2v) is 7.55. The summed E-state index contributed by atoms with van der Waals surface area (Å²) in [7, 11) is 0. The monoisotopic (exact) mass is 422 g/mol. The van der Waals surface area contributed by atoms with Crippen molar-refractivity contribution in [2.75, 3.05) is 11.9 Å². The van der Waals surface area contributed by atoms with Gasteiger partial charge in [-0.25, -0.2) is 4.98 Å². The summed E-state index contributed by atoms with van der Waals surface area (Å²) in [6.45, 7) is 3.91. The summed E-state index contributed by atoms with van der Waals surface area (Å²) in [6, 6.07) is 22.9. The Balaban J connectivity index is 1.40. The number of benzene rings is 3. The molecule has 1 amide bonds. The smallest absolute Gasteiger partial charge is 0.262 e. The molecule has 0 unspecified atom stereocenters. The summed E-state index contributed by atoms with van der Waals surface area (Å²) < 4.78 is 5.57. The Bertz CT molecular complexity index is 1330. The first-order chi connectivity index (χ1) is 15.5. The molecule has 6 nitrogen and oxygen atoms in total. The lowest BCUT2D eigenvalue weighted by atomic mass is 10.1. The first-order valence-corrected chi connectivity index (χ1v) is 10.2. The van der Waals surface area contributed by atoms with Crippen LogP contribution in [0, 0.1) is 25.2 Å². The molecule has 4 rings (SSSR count). The molecule has 158 valence electrons. The van der Waals surface area contributed by atoms with Gasteiger partial charge in [-0.1, -0.05) is 35.9 Å². The highest BCUT2D eigenvalue weighted by molar-refractivity contribution is 5.92. The largest absolute Gasteiger partial charge is 0.484 e. The molecule has 0 saturated heterocycles. The Morgan fingerprint density at radius 3 is 2.50 bits per heavy atom. The van der Waals surface area contributed by atoms with Crippen LogP contribution in [0.1, 0.15) is 22.5 Å². The molecule has 0 atom stereocenters. The van der Waals surface area contributed by atoms with E-state index >= 15 is 0 Å². The number of nitrogens with one attached hydrogen (secondary N) is 2. The van der Waals surface area contributed by atoms with Crippen LogP contribution in [-0.2, 0) is 4.79 Å². The van der Waals surface area contributed by atoms with Crippen molar-refractivity contribution in [2.45, 2.75) is 13.8 Å². The molecule has 0 aliphatic heterocycles. The van der Waals surface area contributed by atoms with E-state index in [-0.39, 0.29) is 12.5 Å².